The van der Waals surface area contributed by atoms with Crippen LogP contribution in [0.5, 0.6) is 0 Å². The maximum absolute atomic E-state index is 12.8. The number of benzene rings is 1. The zero-order chi connectivity index (χ0) is 20.1. The predicted octanol–water partition coefficient (Wildman–Crippen LogP) is 3.44. The number of hydrogen-bond acceptors (Lipinski definition) is 5. The maximum Gasteiger partial charge on any atom is 0.235 e. The minimum atomic E-state index is -0.163. The molecule has 0 saturated carbocycles. The van der Waals surface area contributed by atoms with Crippen molar-refractivity contribution < 1.29 is 4.79 Å². The van der Waals surface area contributed by atoms with Crippen LogP contribution in [0.3, 0.4) is 0 Å². The molecule has 0 bridgehead atoms. The minimum absolute atomic E-state index is 0.163. The Morgan fingerprint density at radius 2 is 1.86 bits per heavy atom. The molecule has 0 spiro atoms. The third kappa shape index (κ3) is 4.75. The molecule has 0 N–H and O–H groups in total. The van der Waals surface area contributed by atoms with Crippen molar-refractivity contribution in [2.75, 3.05) is 27.2 Å². The number of thioether (sulfide) groups is 1. The van der Waals surface area contributed by atoms with E-state index in [1.54, 1.807) is 0 Å². The summed E-state index contributed by atoms with van der Waals surface area (Å²) < 4.78 is 2.18. The van der Waals surface area contributed by atoms with Crippen LogP contribution in [0.15, 0.2) is 35.5 Å². The first-order valence-corrected chi connectivity index (χ1v) is 11.0. The van der Waals surface area contributed by atoms with Gasteiger partial charge in [-0.25, -0.2) is 0 Å². The molecule has 1 aliphatic rings. The van der Waals surface area contributed by atoms with Gasteiger partial charge in [0.05, 0.1) is 17.8 Å². The smallest absolute Gasteiger partial charge is 0.235 e. The van der Waals surface area contributed by atoms with Crippen LogP contribution < -0.4 is 0 Å². The van der Waals surface area contributed by atoms with Gasteiger partial charge in [-0.15, -0.1) is 10.2 Å². The van der Waals surface area contributed by atoms with E-state index in [1.807, 2.05) is 17.9 Å². The van der Waals surface area contributed by atoms with E-state index in [0.717, 1.165) is 43.3 Å². The molecule has 0 aliphatic carbocycles. The molecule has 1 aromatic carbocycles. The fourth-order valence-corrected chi connectivity index (χ4v) is 4.67. The summed E-state index contributed by atoms with van der Waals surface area (Å²) in [6.45, 7) is 6.61. The van der Waals surface area contributed by atoms with E-state index >= 15 is 0 Å². The number of carbonyl (C=O) groups is 1. The van der Waals surface area contributed by atoms with E-state index in [-0.39, 0.29) is 17.2 Å². The van der Waals surface area contributed by atoms with Gasteiger partial charge in [0.25, 0.3) is 0 Å². The number of hydrogen-bond donors (Lipinski definition) is 0. The van der Waals surface area contributed by atoms with Crippen LogP contribution in [-0.2, 0) is 11.3 Å². The highest BCUT2D eigenvalue weighted by Gasteiger charge is 2.28. The standard InChI is InChI=1S/C21H31N5OS/c1-5-18(24(3)4)19-22-23-21(26(19)15-17-11-7-6-8-12-17)28-16(2)20(27)25-13-9-10-14-25/h6-8,11-12,16,18H,5,9-10,13-15H2,1-4H3/t16-,18-/m0/s1. The van der Waals surface area contributed by atoms with Crippen molar-refractivity contribution >= 4 is 17.7 Å². The van der Waals surface area contributed by atoms with E-state index in [2.05, 4.69) is 64.9 Å². The van der Waals surface area contributed by atoms with Gasteiger partial charge in [0.15, 0.2) is 11.0 Å². The van der Waals surface area contributed by atoms with Gasteiger partial charge in [-0.3, -0.25) is 9.69 Å². The van der Waals surface area contributed by atoms with Crippen LogP contribution in [-0.4, -0.2) is 62.9 Å². The topological polar surface area (TPSA) is 54.3 Å². The number of aromatic nitrogens is 3. The van der Waals surface area contributed by atoms with Crippen molar-refractivity contribution in [2.24, 2.45) is 0 Å². The molecule has 152 valence electrons. The normalized spacial score (nSPS) is 16.5. The predicted molar refractivity (Wildman–Crippen MR) is 113 cm³/mol. The highest BCUT2D eigenvalue weighted by molar-refractivity contribution is 8.00. The van der Waals surface area contributed by atoms with Gasteiger partial charge in [0, 0.05) is 13.1 Å². The molecule has 2 aromatic rings. The SMILES string of the molecule is CC[C@@H](c1nnc(S[C@@H](C)C(=O)N2CCCC2)n1Cc1ccccc1)N(C)C. The van der Waals surface area contributed by atoms with E-state index in [1.165, 1.54) is 17.3 Å². The molecule has 0 radical (unpaired) electrons. The van der Waals surface area contributed by atoms with Crippen LogP contribution >= 0.6 is 11.8 Å². The Labute approximate surface area is 172 Å². The van der Waals surface area contributed by atoms with Gasteiger partial charge in [0.1, 0.15) is 0 Å². The highest BCUT2D eigenvalue weighted by atomic mass is 32.2. The fourth-order valence-electron chi connectivity index (χ4n) is 3.73. The summed E-state index contributed by atoms with van der Waals surface area (Å²) >= 11 is 1.52. The van der Waals surface area contributed by atoms with Crippen molar-refractivity contribution in [1.29, 1.82) is 0 Å². The summed E-state index contributed by atoms with van der Waals surface area (Å²) in [6.07, 6.45) is 3.17. The first kappa shape index (κ1) is 20.9. The van der Waals surface area contributed by atoms with E-state index in [4.69, 9.17) is 0 Å². The number of rotatable bonds is 8. The Bertz CT molecular complexity index is 770. The molecule has 3 rings (SSSR count). The number of likely N-dealkylation sites (tertiary alicyclic amines) is 1. The van der Waals surface area contributed by atoms with Gasteiger partial charge in [-0.05, 0) is 45.8 Å². The molecule has 28 heavy (non-hydrogen) atoms. The van der Waals surface area contributed by atoms with Crippen molar-refractivity contribution in [2.45, 2.75) is 56.1 Å². The lowest BCUT2D eigenvalue weighted by atomic mass is 10.2. The lowest BCUT2D eigenvalue weighted by Crippen LogP contribution is -2.34. The van der Waals surface area contributed by atoms with Gasteiger partial charge >= 0.3 is 0 Å². The van der Waals surface area contributed by atoms with Crippen molar-refractivity contribution in [3.8, 4) is 0 Å². The molecule has 7 heteroatoms. The molecule has 1 fully saturated rings. The van der Waals surface area contributed by atoms with Gasteiger partial charge < -0.3 is 9.47 Å². The quantitative estimate of drug-likeness (QED) is 0.634. The van der Waals surface area contributed by atoms with Crippen molar-refractivity contribution in [1.82, 2.24) is 24.6 Å². The van der Waals surface area contributed by atoms with Crippen LogP contribution in [0.4, 0.5) is 0 Å². The zero-order valence-corrected chi connectivity index (χ0v) is 18.2. The highest BCUT2D eigenvalue weighted by Crippen LogP contribution is 2.29. The number of nitrogens with zero attached hydrogens (tertiary/aromatic N) is 5. The lowest BCUT2D eigenvalue weighted by molar-refractivity contribution is -0.129. The first-order valence-electron chi connectivity index (χ1n) is 10.1. The Balaban J connectivity index is 1.87. The fraction of sp³-hybridized carbons (Fsp3) is 0.571. The Kier molecular flexibility index (Phi) is 7.13. The summed E-state index contributed by atoms with van der Waals surface area (Å²) in [5.41, 5.74) is 1.21. The van der Waals surface area contributed by atoms with Gasteiger partial charge in [0.2, 0.25) is 5.91 Å². The zero-order valence-electron chi connectivity index (χ0n) is 17.3. The molecule has 1 amide bonds. The number of amides is 1. The van der Waals surface area contributed by atoms with E-state index in [9.17, 15) is 4.79 Å². The molecule has 1 aromatic heterocycles. The number of carbonyl (C=O) groups excluding carboxylic acids is 1. The average Bonchev–Trinajstić information content (AvgIpc) is 3.34. The summed E-state index contributed by atoms with van der Waals surface area (Å²) in [5.74, 6) is 1.16. The van der Waals surface area contributed by atoms with Crippen LogP contribution in [0, 0.1) is 0 Å². The van der Waals surface area contributed by atoms with Crippen LogP contribution in [0.25, 0.3) is 0 Å². The monoisotopic (exact) mass is 401 g/mol. The Morgan fingerprint density at radius 1 is 1.18 bits per heavy atom. The van der Waals surface area contributed by atoms with Crippen LogP contribution in [0.2, 0.25) is 0 Å². The molecule has 0 unspecified atom stereocenters. The molecule has 1 aliphatic heterocycles. The second-order valence-corrected chi connectivity index (χ2v) is 8.90. The van der Waals surface area contributed by atoms with Gasteiger partial charge in [-0.1, -0.05) is 49.0 Å². The summed E-state index contributed by atoms with van der Waals surface area (Å²) in [6, 6.07) is 10.6. The Hall–Kier alpha value is -1.86. The van der Waals surface area contributed by atoms with E-state index in [0.29, 0.717) is 6.54 Å². The van der Waals surface area contributed by atoms with Crippen molar-refractivity contribution in [3.05, 3.63) is 41.7 Å². The summed E-state index contributed by atoms with van der Waals surface area (Å²) in [5, 5.41) is 9.69. The third-order valence-electron chi connectivity index (χ3n) is 5.28. The van der Waals surface area contributed by atoms with Crippen LogP contribution in [0.1, 0.15) is 50.5 Å². The molecule has 1 saturated heterocycles. The average molecular weight is 402 g/mol. The second kappa shape index (κ2) is 9.56. The molecule has 2 heterocycles. The maximum atomic E-state index is 12.8. The van der Waals surface area contributed by atoms with E-state index < -0.39 is 0 Å². The largest absolute Gasteiger partial charge is 0.342 e. The Morgan fingerprint density at radius 3 is 2.46 bits per heavy atom. The summed E-state index contributed by atoms with van der Waals surface area (Å²) in [7, 11) is 4.14. The van der Waals surface area contributed by atoms with Gasteiger partial charge in [-0.2, -0.15) is 0 Å². The third-order valence-corrected chi connectivity index (χ3v) is 6.35. The molecule has 6 nitrogen and oxygen atoms in total. The lowest BCUT2D eigenvalue weighted by Gasteiger charge is -2.24. The molecular weight excluding hydrogens is 370 g/mol. The molecular formula is C21H31N5OS. The second-order valence-electron chi connectivity index (χ2n) is 7.59. The first-order chi connectivity index (χ1) is 13.5. The minimum Gasteiger partial charge on any atom is -0.342 e. The summed E-state index contributed by atoms with van der Waals surface area (Å²) in [4.78, 5) is 16.9. The molecule has 2 atom stereocenters. The van der Waals surface area contributed by atoms with Crippen molar-refractivity contribution in [3.63, 3.8) is 0 Å².